The zero-order valence-electron chi connectivity index (χ0n) is 8.54. The Bertz CT molecular complexity index is 159. The number of hydrogen-bond acceptors (Lipinski definition) is 4. The summed E-state index contributed by atoms with van der Waals surface area (Å²) in [4.78, 5) is 9.60. The number of aliphatic hydroxyl groups is 1. The molecule has 13 heavy (non-hydrogen) atoms. The van der Waals surface area contributed by atoms with Gasteiger partial charge in [-0.1, -0.05) is 0 Å². The Labute approximate surface area is 79.1 Å². The predicted molar refractivity (Wildman–Crippen MR) is 50.1 cm³/mol. The molecule has 0 radical (unpaired) electrons. The van der Waals surface area contributed by atoms with Crippen LogP contribution in [0.4, 0.5) is 0 Å². The maximum Gasteiger partial charge on any atom is 0.293 e. The van der Waals surface area contributed by atoms with Crippen molar-refractivity contribution in [3.8, 4) is 0 Å². The number of aliphatic hydroxyl groups excluding tert-OH is 1. The van der Waals surface area contributed by atoms with Crippen LogP contribution >= 0.6 is 0 Å². The Hall–Kier alpha value is -0.610. The van der Waals surface area contributed by atoms with Gasteiger partial charge in [-0.05, 0) is 33.6 Å². The number of hydrogen-bond donors (Lipinski definition) is 2. The van der Waals surface area contributed by atoms with Crippen LogP contribution in [-0.2, 0) is 9.53 Å². The standard InChI is InChI=1S/C5H10O2.C4H9NO/c1-5(2,3)7-4-6;5-4(3-6)1-2-4/h4H,1-3H3;6H,1-3,5H2. The lowest BCUT2D eigenvalue weighted by atomic mass is 10.2. The Morgan fingerprint density at radius 3 is 2.00 bits per heavy atom. The van der Waals surface area contributed by atoms with E-state index in [9.17, 15) is 4.79 Å². The lowest BCUT2D eigenvalue weighted by molar-refractivity contribution is -0.138. The van der Waals surface area contributed by atoms with Gasteiger partial charge in [-0.3, -0.25) is 4.79 Å². The fourth-order valence-corrected chi connectivity index (χ4v) is 0.463. The van der Waals surface area contributed by atoms with Crippen LogP contribution in [-0.4, -0.2) is 29.3 Å². The summed E-state index contributed by atoms with van der Waals surface area (Å²) in [6, 6.07) is 0. The van der Waals surface area contributed by atoms with Crippen molar-refractivity contribution in [3.05, 3.63) is 0 Å². The first-order chi connectivity index (χ1) is 5.83. The number of carbonyl (C=O) groups excluding carboxylic acids is 1. The van der Waals surface area contributed by atoms with Gasteiger partial charge in [0, 0.05) is 5.54 Å². The zero-order valence-corrected chi connectivity index (χ0v) is 8.54. The fourth-order valence-electron chi connectivity index (χ4n) is 0.463. The maximum absolute atomic E-state index is 9.60. The third-order valence-electron chi connectivity index (χ3n) is 1.61. The third kappa shape index (κ3) is 7.74. The fraction of sp³-hybridized carbons (Fsp3) is 0.889. The minimum absolute atomic E-state index is 0.153. The van der Waals surface area contributed by atoms with Crippen molar-refractivity contribution in [2.45, 2.75) is 44.8 Å². The van der Waals surface area contributed by atoms with E-state index < -0.39 is 0 Å². The van der Waals surface area contributed by atoms with Gasteiger partial charge < -0.3 is 15.6 Å². The molecule has 4 nitrogen and oxygen atoms in total. The van der Waals surface area contributed by atoms with E-state index >= 15 is 0 Å². The van der Waals surface area contributed by atoms with Crippen LogP contribution in [0, 0.1) is 0 Å². The highest BCUT2D eigenvalue weighted by molar-refractivity contribution is 5.37. The van der Waals surface area contributed by atoms with Crippen molar-refractivity contribution >= 4 is 6.47 Å². The minimum Gasteiger partial charge on any atom is -0.462 e. The van der Waals surface area contributed by atoms with Crippen molar-refractivity contribution in [2.24, 2.45) is 5.73 Å². The summed E-state index contributed by atoms with van der Waals surface area (Å²) in [5.74, 6) is 0. The summed E-state index contributed by atoms with van der Waals surface area (Å²) >= 11 is 0. The van der Waals surface area contributed by atoms with Crippen LogP contribution in [0.3, 0.4) is 0 Å². The summed E-state index contributed by atoms with van der Waals surface area (Å²) < 4.78 is 4.55. The molecule has 3 N–H and O–H groups in total. The highest BCUT2D eigenvalue weighted by Gasteiger charge is 2.36. The van der Waals surface area contributed by atoms with Gasteiger partial charge in [-0.15, -0.1) is 0 Å². The Balaban J connectivity index is 0.000000223. The van der Waals surface area contributed by atoms with Gasteiger partial charge in [0.1, 0.15) is 5.60 Å². The summed E-state index contributed by atoms with van der Waals surface area (Å²) in [6.45, 7) is 6.08. The Morgan fingerprint density at radius 1 is 1.54 bits per heavy atom. The quantitative estimate of drug-likeness (QED) is 0.618. The molecule has 0 aromatic carbocycles. The molecular weight excluding hydrogens is 170 g/mol. The van der Waals surface area contributed by atoms with Crippen LogP contribution in [0.5, 0.6) is 0 Å². The molecule has 4 heteroatoms. The monoisotopic (exact) mass is 189 g/mol. The first-order valence-electron chi connectivity index (χ1n) is 4.34. The lowest BCUT2D eigenvalue weighted by Gasteiger charge is -2.14. The number of rotatable bonds is 2. The molecule has 1 aliphatic carbocycles. The van der Waals surface area contributed by atoms with Gasteiger partial charge in [0.15, 0.2) is 0 Å². The van der Waals surface area contributed by atoms with E-state index in [1.165, 1.54) is 0 Å². The van der Waals surface area contributed by atoms with E-state index in [2.05, 4.69) is 4.74 Å². The van der Waals surface area contributed by atoms with E-state index in [0.29, 0.717) is 6.47 Å². The largest absolute Gasteiger partial charge is 0.462 e. The molecule has 0 aliphatic heterocycles. The first-order valence-corrected chi connectivity index (χ1v) is 4.34. The SMILES string of the molecule is CC(C)(C)OC=O.NC1(CO)CC1. The molecule has 0 aromatic rings. The van der Waals surface area contributed by atoms with Crippen molar-refractivity contribution in [2.75, 3.05) is 6.61 Å². The highest BCUT2D eigenvalue weighted by Crippen LogP contribution is 2.30. The smallest absolute Gasteiger partial charge is 0.293 e. The average molecular weight is 189 g/mol. The normalized spacial score (nSPS) is 18.2. The second kappa shape index (κ2) is 4.58. The van der Waals surface area contributed by atoms with Crippen molar-refractivity contribution in [3.63, 3.8) is 0 Å². The third-order valence-corrected chi connectivity index (χ3v) is 1.61. The topological polar surface area (TPSA) is 72.5 Å². The van der Waals surface area contributed by atoms with E-state index in [1.54, 1.807) is 0 Å². The molecule has 0 heterocycles. The Morgan fingerprint density at radius 2 is 2.00 bits per heavy atom. The van der Waals surface area contributed by atoms with Crippen LogP contribution < -0.4 is 5.73 Å². The molecule has 1 fully saturated rings. The van der Waals surface area contributed by atoms with Crippen molar-refractivity contribution in [1.29, 1.82) is 0 Å². The molecule has 0 unspecified atom stereocenters. The molecule has 0 saturated heterocycles. The van der Waals surface area contributed by atoms with Gasteiger partial charge in [0.2, 0.25) is 0 Å². The summed E-state index contributed by atoms with van der Waals surface area (Å²) in [5, 5.41) is 8.34. The molecular formula is C9H19NO3. The van der Waals surface area contributed by atoms with E-state index in [0.717, 1.165) is 12.8 Å². The number of nitrogens with two attached hydrogens (primary N) is 1. The Kier molecular flexibility index (Phi) is 4.36. The molecule has 0 atom stereocenters. The van der Waals surface area contributed by atoms with E-state index in [-0.39, 0.29) is 17.7 Å². The molecule has 0 spiro atoms. The number of carbonyl (C=O) groups is 1. The van der Waals surface area contributed by atoms with Gasteiger partial charge in [-0.2, -0.15) is 0 Å². The molecule has 1 rings (SSSR count). The van der Waals surface area contributed by atoms with Crippen LogP contribution in [0.2, 0.25) is 0 Å². The highest BCUT2D eigenvalue weighted by atomic mass is 16.5. The van der Waals surface area contributed by atoms with Crippen molar-refractivity contribution in [1.82, 2.24) is 0 Å². The zero-order chi connectivity index (χ0) is 10.5. The molecule has 0 bridgehead atoms. The maximum atomic E-state index is 9.60. The summed E-state index contributed by atoms with van der Waals surface area (Å²) in [6.07, 6.45) is 2.01. The molecule has 0 amide bonds. The molecule has 0 aromatic heterocycles. The molecule has 78 valence electrons. The van der Waals surface area contributed by atoms with Gasteiger partial charge in [0.25, 0.3) is 6.47 Å². The molecule has 1 saturated carbocycles. The number of ether oxygens (including phenoxy) is 1. The van der Waals surface area contributed by atoms with Crippen LogP contribution in [0.15, 0.2) is 0 Å². The van der Waals surface area contributed by atoms with Gasteiger partial charge in [0.05, 0.1) is 6.61 Å². The van der Waals surface area contributed by atoms with Crippen molar-refractivity contribution < 1.29 is 14.6 Å². The minimum atomic E-state index is -0.318. The second-order valence-electron chi connectivity index (χ2n) is 4.35. The van der Waals surface area contributed by atoms with Crippen LogP contribution in [0.1, 0.15) is 33.6 Å². The van der Waals surface area contributed by atoms with Gasteiger partial charge >= 0.3 is 0 Å². The first kappa shape index (κ1) is 12.4. The molecule has 1 aliphatic rings. The van der Waals surface area contributed by atoms with Crippen LogP contribution in [0.25, 0.3) is 0 Å². The average Bonchev–Trinajstić information content (AvgIpc) is 2.68. The van der Waals surface area contributed by atoms with E-state index in [1.807, 2.05) is 20.8 Å². The summed E-state index contributed by atoms with van der Waals surface area (Å²) in [7, 11) is 0. The lowest BCUT2D eigenvalue weighted by Crippen LogP contribution is -2.25. The second-order valence-corrected chi connectivity index (χ2v) is 4.35. The van der Waals surface area contributed by atoms with Gasteiger partial charge in [-0.25, -0.2) is 0 Å². The summed E-state index contributed by atoms with van der Waals surface area (Å²) in [5.41, 5.74) is 4.93. The predicted octanol–water partition coefficient (Wildman–Crippen LogP) is 0.428. The van der Waals surface area contributed by atoms with E-state index in [4.69, 9.17) is 10.8 Å².